The fraction of sp³-hybridized carbons (Fsp3) is 0.500. The van der Waals surface area contributed by atoms with Gasteiger partial charge in [-0.1, -0.05) is 15.9 Å². The molecular weight excluding hydrogens is 332 g/mol. The standard InChI is InChI=1S/C16H19BrN2O2/c1-11-8-12(17)10-13(9-11)18-7-5-15(20)19-6-3-2-4-14(19)16(18)21/h8-10,14H,2-7H2,1H3. The third-order valence-electron chi connectivity index (χ3n) is 4.26. The second kappa shape index (κ2) is 5.79. The van der Waals surface area contributed by atoms with E-state index in [9.17, 15) is 9.59 Å². The van der Waals surface area contributed by atoms with E-state index in [2.05, 4.69) is 15.9 Å². The minimum atomic E-state index is -0.270. The Labute approximate surface area is 133 Å². The van der Waals surface area contributed by atoms with Crippen molar-refractivity contribution in [2.45, 2.75) is 38.6 Å². The summed E-state index contributed by atoms with van der Waals surface area (Å²) >= 11 is 3.48. The molecule has 1 atom stereocenters. The van der Waals surface area contributed by atoms with Crippen molar-refractivity contribution in [1.82, 2.24) is 4.90 Å². The topological polar surface area (TPSA) is 40.6 Å². The van der Waals surface area contributed by atoms with Crippen LogP contribution in [0.3, 0.4) is 0 Å². The maximum Gasteiger partial charge on any atom is 0.249 e. The number of halogens is 1. The molecule has 2 amide bonds. The Morgan fingerprint density at radius 2 is 1.95 bits per heavy atom. The lowest BCUT2D eigenvalue weighted by atomic mass is 10.0. The average Bonchev–Trinajstić information content (AvgIpc) is 2.57. The molecule has 0 aliphatic carbocycles. The van der Waals surface area contributed by atoms with E-state index in [0.717, 1.165) is 41.5 Å². The van der Waals surface area contributed by atoms with Crippen LogP contribution in [-0.4, -0.2) is 35.8 Å². The molecule has 3 rings (SSSR count). The lowest BCUT2D eigenvalue weighted by Gasteiger charge is -2.34. The van der Waals surface area contributed by atoms with Crippen molar-refractivity contribution in [2.24, 2.45) is 0 Å². The molecule has 2 aliphatic heterocycles. The van der Waals surface area contributed by atoms with Gasteiger partial charge in [-0.25, -0.2) is 0 Å². The van der Waals surface area contributed by atoms with E-state index in [1.165, 1.54) is 0 Å². The third-order valence-corrected chi connectivity index (χ3v) is 4.72. The zero-order chi connectivity index (χ0) is 15.0. The number of hydrogen-bond acceptors (Lipinski definition) is 2. The van der Waals surface area contributed by atoms with Crippen molar-refractivity contribution < 1.29 is 9.59 Å². The van der Waals surface area contributed by atoms with Crippen LogP contribution in [0.1, 0.15) is 31.2 Å². The summed E-state index contributed by atoms with van der Waals surface area (Å²) in [5.41, 5.74) is 1.98. The zero-order valence-electron chi connectivity index (χ0n) is 12.1. The van der Waals surface area contributed by atoms with Crippen molar-refractivity contribution >= 4 is 33.4 Å². The molecular formula is C16H19BrN2O2. The second-order valence-corrected chi connectivity index (χ2v) is 6.74. The van der Waals surface area contributed by atoms with E-state index >= 15 is 0 Å². The SMILES string of the molecule is Cc1cc(Br)cc(N2CCC(=O)N3CCCCC3C2=O)c1. The first-order valence-corrected chi connectivity index (χ1v) is 8.23. The minimum Gasteiger partial charge on any atom is -0.331 e. The molecule has 2 saturated heterocycles. The molecule has 0 radical (unpaired) electrons. The summed E-state index contributed by atoms with van der Waals surface area (Å²) in [7, 11) is 0. The number of aryl methyl sites for hydroxylation is 1. The third kappa shape index (κ3) is 2.84. The first-order chi connectivity index (χ1) is 10.1. The summed E-state index contributed by atoms with van der Waals surface area (Å²) in [6.45, 7) is 3.20. The van der Waals surface area contributed by atoms with Crippen LogP contribution in [0.15, 0.2) is 22.7 Å². The molecule has 1 aromatic rings. The fourth-order valence-electron chi connectivity index (χ4n) is 3.26. The molecule has 0 saturated carbocycles. The molecule has 21 heavy (non-hydrogen) atoms. The molecule has 1 aromatic carbocycles. The summed E-state index contributed by atoms with van der Waals surface area (Å²) in [5.74, 6) is 0.181. The van der Waals surface area contributed by atoms with Gasteiger partial charge in [0.2, 0.25) is 11.8 Å². The van der Waals surface area contributed by atoms with Gasteiger partial charge in [0.25, 0.3) is 0 Å². The number of rotatable bonds is 1. The number of carbonyl (C=O) groups excluding carboxylic acids is 2. The Morgan fingerprint density at radius 3 is 2.71 bits per heavy atom. The minimum absolute atomic E-state index is 0.0676. The number of piperidine rings is 1. The molecule has 4 nitrogen and oxygen atoms in total. The Morgan fingerprint density at radius 1 is 1.14 bits per heavy atom. The van der Waals surface area contributed by atoms with E-state index in [4.69, 9.17) is 0 Å². The molecule has 0 bridgehead atoms. The number of anilines is 1. The highest BCUT2D eigenvalue weighted by molar-refractivity contribution is 9.10. The van der Waals surface area contributed by atoms with Crippen molar-refractivity contribution in [1.29, 1.82) is 0 Å². The van der Waals surface area contributed by atoms with Crippen LogP contribution in [0.25, 0.3) is 0 Å². The van der Waals surface area contributed by atoms with Crippen LogP contribution >= 0.6 is 15.9 Å². The van der Waals surface area contributed by atoms with Crippen LogP contribution in [0, 0.1) is 6.92 Å². The maximum absolute atomic E-state index is 12.9. The fourth-order valence-corrected chi connectivity index (χ4v) is 3.85. The number of nitrogens with zero attached hydrogens (tertiary/aromatic N) is 2. The van der Waals surface area contributed by atoms with Crippen molar-refractivity contribution in [3.8, 4) is 0 Å². The van der Waals surface area contributed by atoms with Crippen LogP contribution in [0.5, 0.6) is 0 Å². The van der Waals surface area contributed by atoms with Crippen molar-refractivity contribution in [3.05, 3.63) is 28.2 Å². The van der Waals surface area contributed by atoms with Crippen LogP contribution in [0.4, 0.5) is 5.69 Å². The normalized spacial score (nSPS) is 23.0. The highest BCUT2D eigenvalue weighted by atomic mass is 79.9. The number of amides is 2. The summed E-state index contributed by atoms with van der Waals surface area (Å²) in [6.07, 6.45) is 3.22. The molecule has 2 fully saturated rings. The molecule has 0 N–H and O–H groups in total. The van der Waals surface area contributed by atoms with Gasteiger partial charge in [-0.05, 0) is 49.9 Å². The van der Waals surface area contributed by atoms with Gasteiger partial charge in [0.1, 0.15) is 6.04 Å². The van der Waals surface area contributed by atoms with Crippen LogP contribution in [-0.2, 0) is 9.59 Å². The molecule has 2 aliphatic rings. The monoisotopic (exact) mass is 350 g/mol. The van der Waals surface area contributed by atoms with Gasteiger partial charge in [-0.2, -0.15) is 0 Å². The Bertz CT molecular complexity index is 567. The van der Waals surface area contributed by atoms with Crippen LogP contribution in [0.2, 0.25) is 0 Å². The lowest BCUT2D eigenvalue weighted by molar-refractivity contribution is -0.138. The van der Waals surface area contributed by atoms with Gasteiger partial charge in [-0.3, -0.25) is 9.59 Å². The summed E-state index contributed by atoms with van der Waals surface area (Å²) in [6, 6.07) is 5.71. The number of fused-ring (bicyclic) bond motifs is 1. The quantitative estimate of drug-likeness (QED) is 0.781. The largest absolute Gasteiger partial charge is 0.331 e. The first kappa shape index (κ1) is 14.6. The average molecular weight is 351 g/mol. The van der Waals surface area contributed by atoms with Crippen LogP contribution < -0.4 is 4.90 Å². The van der Waals surface area contributed by atoms with E-state index in [0.29, 0.717) is 13.0 Å². The summed E-state index contributed by atoms with van der Waals surface area (Å²) in [4.78, 5) is 28.7. The highest BCUT2D eigenvalue weighted by Gasteiger charge is 2.38. The van der Waals surface area contributed by atoms with Gasteiger partial charge < -0.3 is 9.80 Å². The smallest absolute Gasteiger partial charge is 0.249 e. The zero-order valence-corrected chi connectivity index (χ0v) is 13.7. The predicted octanol–water partition coefficient (Wildman–Crippen LogP) is 2.88. The van der Waals surface area contributed by atoms with Gasteiger partial charge in [-0.15, -0.1) is 0 Å². The molecule has 112 valence electrons. The van der Waals surface area contributed by atoms with E-state index in [1.54, 1.807) is 9.80 Å². The maximum atomic E-state index is 12.9. The van der Waals surface area contributed by atoms with E-state index in [-0.39, 0.29) is 17.9 Å². The summed E-state index contributed by atoms with van der Waals surface area (Å²) in [5, 5.41) is 0. The Balaban J connectivity index is 1.95. The predicted molar refractivity (Wildman–Crippen MR) is 85.2 cm³/mol. The van der Waals surface area contributed by atoms with E-state index in [1.807, 2.05) is 25.1 Å². The molecule has 0 spiro atoms. The molecule has 1 unspecified atom stereocenters. The summed E-state index contributed by atoms with van der Waals surface area (Å²) < 4.78 is 0.960. The second-order valence-electron chi connectivity index (χ2n) is 5.83. The number of carbonyl (C=O) groups is 2. The van der Waals surface area contributed by atoms with Gasteiger partial charge >= 0.3 is 0 Å². The first-order valence-electron chi connectivity index (χ1n) is 7.44. The number of benzene rings is 1. The highest BCUT2D eigenvalue weighted by Crippen LogP contribution is 2.28. The Kier molecular flexibility index (Phi) is 4.02. The van der Waals surface area contributed by atoms with E-state index < -0.39 is 0 Å². The number of hydrogen-bond donors (Lipinski definition) is 0. The van der Waals surface area contributed by atoms with Gasteiger partial charge in [0.15, 0.2) is 0 Å². The molecule has 5 heteroatoms. The lowest BCUT2D eigenvalue weighted by Crippen LogP contribution is -2.49. The Hall–Kier alpha value is -1.36. The molecule has 0 aromatic heterocycles. The van der Waals surface area contributed by atoms with Gasteiger partial charge in [0, 0.05) is 29.7 Å². The van der Waals surface area contributed by atoms with Gasteiger partial charge in [0.05, 0.1) is 0 Å². The molecule has 2 heterocycles. The van der Waals surface area contributed by atoms with Crippen molar-refractivity contribution in [3.63, 3.8) is 0 Å². The van der Waals surface area contributed by atoms with Crippen molar-refractivity contribution in [2.75, 3.05) is 18.0 Å².